The van der Waals surface area contributed by atoms with Crippen molar-refractivity contribution in [1.29, 1.82) is 0 Å². The summed E-state index contributed by atoms with van der Waals surface area (Å²) < 4.78 is 26.2. The van der Waals surface area contributed by atoms with E-state index in [0.717, 1.165) is 29.8 Å². The zero-order valence-corrected chi connectivity index (χ0v) is 13.1. The lowest BCUT2D eigenvalue weighted by Gasteiger charge is -2.19. The normalized spacial score (nSPS) is 14.1. The van der Waals surface area contributed by atoms with Crippen LogP contribution in [0, 0.1) is 18.6 Å². The molecule has 4 nitrogen and oxygen atoms in total. The molecule has 2 aromatic carbocycles. The van der Waals surface area contributed by atoms with Crippen LogP contribution in [0.25, 0.3) is 0 Å². The first-order chi connectivity index (χ1) is 11.5. The Hall–Kier alpha value is -2.76. The van der Waals surface area contributed by atoms with Gasteiger partial charge in [-0.25, -0.2) is 8.78 Å². The number of carbonyl (C=O) groups excluding carboxylic acids is 2. The van der Waals surface area contributed by atoms with Crippen LogP contribution in [0.1, 0.15) is 28.8 Å². The van der Waals surface area contributed by atoms with Crippen molar-refractivity contribution in [2.24, 2.45) is 0 Å². The zero-order chi connectivity index (χ0) is 17.3. The molecular weight excluding hydrogens is 314 g/mol. The molecule has 0 atom stereocenters. The Balaban J connectivity index is 1.83. The van der Waals surface area contributed by atoms with Crippen molar-refractivity contribution in [3.05, 3.63) is 59.2 Å². The summed E-state index contributed by atoms with van der Waals surface area (Å²) in [5.74, 6) is -2.56. The number of rotatable bonds is 3. The topological polar surface area (TPSA) is 49.4 Å². The SMILES string of the molecule is Cc1ccc(NC(=O)c2ccc(F)c(F)c2)cc1N1CCCC1=O. The summed E-state index contributed by atoms with van der Waals surface area (Å²) in [6.07, 6.45) is 1.33. The first-order valence-electron chi connectivity index (χ1n) is 7.63. The number of halogens is 2. The molecule has 0 aromatic heterocycles. The lowest BCUT2D eigenvalue weighted by atomic mass is 10.1. The van der Waals surface area contributed by atoms with E-state index >= 15 is 0 Å². The molecule has 1 N–H and O–H groups in total. The van der Waals surface area contributed by atoms with Gasteiger partial charge in [-0.05, 0) is 49.2 Å². The third kappa shape index (κ3) is 3.13. The number of carbonyl (C=O) groups is 2. The highest BCUT2D eigenvalue weighted by Crippen LogP contribution is 2.28. The van der Waals surface area contributed by atoms with E-state index in [9.17, 15) is 18.4 Å². The van der Waals surface area contributed by atoms with Crippen molar-refractivity contribution >= 4 is 23.2 Å². The van der Waals surface area contributed by atoms with Crippen molar-refractivity contribution in [3.8, 4) is 0 Å². The van der Waals surface area contributed by atoms with E-state index < -0.39 is 17.5 Å². The molecule has 1 saturated heterocycles. The molecule has 1 aliphatic heterocycles. The standard InChI is InChI=1S/C18H16F2N2O2/c1-11-4-6-13(10-16(11)22-8-2-3-17(22)23)21-18(24)12-5-7-14(19)15(20)9-12/h4-7,9-10H,2-3,8H2,1H3,(H,21,24). The molecule has 3 rings (SSSR count). The second-order valence-corrected chi connectivity index (χ2v) is 5.73. The zero-order valence-electron chi connectivity index (χ0n) is 13.1. The molecule has 0 saturated carbocycles. The Morgan fingerprint density at radius 3 is 2.58 bits per heavy atom. The molecule has 1 heterocycles. The van der Waals surface area contributed by atoms with Gasteiger partial charge >= 0.3 is 0 Å². The van der Waals surface area contributed by atoms with Gasteiger partial charge in [0.2, 0.25) is 5.91 Å². The summed E-state index contributed by atoms with van der Waals surface area (Å²) in [4.78, 5) is 25.8. The highest BCUT2D eigenvalue weighted by molar-refractivity contribution is 6.05. The van der Waals surface area contributed by atoms with Gasteiger partial charge in [-0.15, -0.1) is 0 Å². The van der Waals surface area contributed by atoms with Crippen LogP contribution < -0.4 is 10.2 Å². The van der Waals surface area contributed by atoms with E-state index in [4.69, 9.17) is 0 Å². The summed E-state index contributed by atoms with van der Waals surface area (Å²) >= 11 is 0. The Kier molecular flexibility index (Phi) is 4.29. The maximum atomic E-state index is 13.2. The molecule has 1 fully saturated rings. The Bertz CT molecular complexity index is 821. The number of hydrogen-bond acceptors (Lipinski definition) is 2. The number of hydrogen-bond donors (Lipinski definition) is 1. The maximum absolute atomic E-state index is 13.2. The van der Waals surface area contributed by atoms with E-state index in [2.05, 4.69) is 5.32 Å². The van der Waals surface area contributed by atoms with E-state index in [1.54, 1.807) is 17.0 Å². The second-order valence-electron chi connectivity index (χ2n) is 5.73. The van der Waals surface area contributed by atoms with Gasteiger partial charge in [-0.1, -0.05) is 6.07 Å². The summed E-state index contributed by atoms with van der Waals surface area (Å²) in [6, 6.07) is 8.21. The van der Waals surface area contributed by atoms with Crippen LogP contribution in [0.2, 0.25) is 0 Å². The van der Waals surface area contributed by atoms with Crippen LogP contribution in [0.15, 0.2) is 36.4 Å². The van der Waals surface area contributed by atoms with Crippen LogP contribution in [0.4, 0.5) is 20.2 Å². The third-order valence-corrected chi connectivity index (χ3v) is 4.01. The first-order valence-corrected chi connectivity index (χ1v) is 7.63. The molecule has 0 unspecified atom stereocenters. The average Bonchev–Trinajstić information content (AvgIpc) is 2.97. The van der Waals surface area contributed by atoms with Crippen LogP contribution in [0.3, 0.4) is 0 Å². The maximum Gasteiger partial charge on any atom is 0.255 e. The van der Waals surface area contributed by atoms with Gasteiger partial charge in [0.25, 0.3) is 5.91 Å². The van der Waals surface area contributed by atoms with Crippen LogP contribution in [-0.4, -0.2) is 18.4 Å². The number of amides is 2. The Morgan fingerprint density at radius 1 is 1.12 bits per heavy atom. The lowest BCUT2D eigenvalue weighted by Crippen LogP contribution is -2.24. The minimum Gasteiger partial charge on any atom is -0.322 e. The number of anilines is 2. The fraction of sp³-hybridized carbons (Fsp3) is 0.222. The number of benzene rings is 2. The van der Waals surface area contributed by atoms with Gasteiger partial charge in [0.05, 0.1) is 0 Å². The smallest absolute Gasteiger partial charge is 0.255 e. The third-order valence-electron chi connectivity index (χ3n) is 4.01. The van der Waals surface area contributed by atoms with Crippen molar-refractivity contribution in [2.45, 2.75) is 19.8 Å². The number of nitrogens with zero attached hydrogens (tertiary/aromatic N) is 1. The highest BCUT2D eigenvalue weighted by Gasteiger charge is 2.23. The van der Waals surface area contributed by atoms with Crippen molar-refractivity contribution in [2.75, 3.05) is 16.8 Å². The van der Waals surface area contributed by atoms with Crippen molar-refractivity contribution < 1.29 is 18.4 Å². The monoisotopic (exact) mass is 330 g/mol. The fourth-order valence-electron chi connectivity index (χ4n) is 2.72. The molecule has 6 heteroatoms. The van der Waals surface area contributed by atoms with Gasteiger partial charge < -0.3 is 10.2 Å². The van der Waals surface area contributed by atoms with Gasteiger partial charge in [0.15, 0.2) is 11.6 Å². The van der Waals surface area contributed by atoms with E-state index in [1.165, 1.54) is 6.07 Å². The predicted octanol–water partition coefficient (Wildman–Crippen LogP) is 3.65. The van der Waals surface area contributed by atoms with Crippen molar-refractivity contribution in [1.82, 2.24) is 0 Å². The molecule has 0 bridgehead atoms. The van der Waals surface area contributed by atoms with Gasteiger partial charge in [0.1, 0.15) is 0 Å². The molecule has 0 aliphatic carbocycles. The lowest BCUT2D eigenvalue weighted by molar-refractivity contribution is -0.117. The summed E-state index contributed by atoms with van der Waals surface area (Å²) in [5.41, 5.74) is 2.19. The summed E-state index contributed by atoms with van der Waals surface area (Å²) in [5, 5.41) is 2.64. The molecule has 1 aliphatic rings. The fourth-order valence-corrected chi connectivity index (χ4v) is 2.72. The van der Waals surface area contributed by atoms with Gasteiger partial charge in [-0.3, -0.25) is 9.59 Å². The van der Waals surface area contributed by atoms with Crippen LogP contribution in [0.5, 0.6) is 0 Å². The van der Waals surface area contributed by atoms with Crippen molar-refractivity contribution in [3.63, 3.8) is 0 Å². The van der Waals surface area contributed by atoms with Gasteiger partial charge in [0, 0.05) is 29.9 Å². The average molecular weight is 330 g/mol. The summed E-state index contributed by atoms with van der Waals surface area (Å²) in [7, 11) is 0. The largest absolute Gasteiger partial charge is 0.322 e. The highest BCUT2D eigenvalue weighted by atomic mass is 19.2. The minimum atomic E-state index is -1.07. The molecule has 124 valence electrons. The predicted molar refractivity (Wildman–Crippen MR) is 87.1 cm³/mol. The molecule has 24 heavy (non-hydrogen) atoms. The minimum absolute atomic E-state index is 0.0215. The summed E-state index contributed by atoms with van der Waals surface area (Å²) in [6.45, 7) is 2.54. The second kappa shape index (κ2) is 6.39. The number of aryl methyl sites for hydroxylation is 1. The first kappa shape index (κ1) is 16.1. The van der Waals surface area contributed by atoms with Crippen LogP contribution >= 0.6 is 0 Å². The molecular formula is C18H16F2N2O2. The quantitative estimate of drug-likeness (QED) is 0.934. The van der Waals surface area contributed by atoms with Gasteiger partial charge in [-0.2, -0.15) is 0 Å². The Morgan fingerprint density at radius 2 is 1.92 bits per heavy atom. The molecule has 0 radical (unpaired) electrons. The van der Waals surface area contributed by atoms with E-state index in [0.29, 0.717) is 18.7 Å². The number of nitrogens with one attached hydrogen (secondary N) is 1. The van der Waals surface area contributed by atoms with E-state index in [1.807, 2.05) is 13.0 Å². The molecule has 2 aromatic rings. The molecule has 0 spiro atoms. The Labute approximate surface area is 138 Å². The van der Waals surface area contributed by atoms with Crippen LogP contribution in [-0.2, 0) is 4.79 Å². The van der Waals surface area contributed by atoms with E-state index in [-0.39, 0.29) is 11.5 Å². The molecule has 2 amide bonds.